The smallest absolute Gasteiger partial charge is 0.102 e. The van der Waals surface area contributed by atoms with Crippen LogP contribution in [0.3, 0.4) is 0 Å². The van der Waals surface area contributed by atoms with Gasteiger partial charge in [0.1, 0.15) is 5.03 Å². The second-order valence-electron chi connectivity index (χ2n) is 2.01. The maximum atomic E-state index is 4.15. The monoisotopic (exact) mass is 166 g/mol. The Bertz CT molecular complexity index is 244. The molecule has 0 fully saturated rings. The van der Waals surface area contributed by atoms with Crippen molar-refractivity contribution in [2.45, 2.75) is 11.9 Å². The summed E-state index contributed by atoms with van der Waals surface area (Å²) in [5.74, 6) is 0. The average molecular weight is 166 g/mol. The summed E-state index contributed by atoms with van der Waals surface area (Å²) in [7, 11) is 1.78. The molecule has 0 atom stereocenters. The second kappa shape index (κ2) is 4.13. The zero-order valence-electron chi connectivity index (χ0n) is 6.61. The van der Waals surface area contributed by atoms with Crippen LogP contribution in [0.15, 0.2) is 34.4 Å². The quantitative estimate of drug-likeness (QED) is 0.363. The Morgan fingerprint density at radius 3 is 2.91 bits per heavy atom. The zero-order valence-corrected chi connectivity index (χ0v) is 7.43. The maximum absolute atomic E-state index is 4.15. The summed E-state index contributed by atoms with van der Waals surface area (Å²) in [6, 6.07) is 5.85. The molecule has 0 aliphatic heterocycles. The third-order valence-corrected chi connectivity index (χ3v) is 2.13. The van der Waals surface area contributed by atoms with Gasteiger partial charge in [0.25, 0.3) is 0 Å². The van der Waals surface area contributed by atoms with Crippen LogP contribution in [0.2, 0.25) is 0 Å². The van der Waals surface area contributed by atoms with Crippen molar-refractivity contribution < 1.29 is 0 Å². The third kappa shape index (κ3) is 2.72. The van der Waals surface area contributed by atoms with Gasteiger partial charge in [-0.15, -0.1) is 0 Å². The molecule has 0 N–H and O–H groups in total. The molecule has 3 heteroatoms. The van der Waals surface area contributed by atoms with Gasteiger partial charge in [0.05, 0.1) is 5.04 Å². The molecule has 0 spiro atoms. The largest absolute Gasteiger partial charge is 0.286 e. The molecule has 11 heavy (non-hydrogen) atoms. The maximum Gasteiger partial charge on any atom is 0.102 e. The molecule has 0 unspecified atom stereocenters. The second-order valence-corrected chi connectivity index (χ2v) is 3.23. The number of pyridine rings is 1. The molecule has 1 rings (SSSR count). The van der Waals surface area contributed by atoms with E-state index < -0.39 is 0 Å². The van der Waals surface area contributed by atoms with Crippen LogP contribution in [0, 0.1) is 0 Å². The van der Waals surface area contributed by atoms with Crippen LogP contribution in [-0.2, 0) is 0 Å². The fraction of sp³-hybridized carbons (Fsp3) is 0.250. The molecule has 0 saturated carbocycles. The Kier molecular flexibility index (Phi) is 3.11. The van der Waals surface area contributed by atoms with E-state index in [0.717, 1.165) is 10.1 Å². The van der Waals surface area contributed by atoms with Crippen molar-refractivity contribution in [3.63, 3.8) is 0 Å². The van der Waals surface area contributed by atoms with Crippen molar-refractivity contribution >= 4 is 16.8 Å². The van der Waals surface area contributed by atoms with Crippen molar-refractivity contribution in [2.24, 2.45) is 4.99 Å². The molecule has 0 aliphatic rings. The first kappa shape index (κ1) is 8.27. The highest BCUT2D eigenvalue weighted by molar-refractivity contribution is 8.13. The summed E-state index contributed by atoms with van der Waals surface area (Å²) >= 11 is 1.58. The predicted molar refractivity (Wildman–Crippen MR) is 49.1 cm³/mol. The fourth-order valence-electron chi connectivity index (χ4n) is 0.604. The van der Waals surface area contributed by atoms with Gasteiger partial charge in [0.15, 0.2) is 0 Å². The standard InChI is InChI=1S/C8H10N2S/c1-7(9-2)11-8-5-3-4-6-10-8/h3-6H,1-2H3. The van der Waals surface area contributed by atoms with E-state index in [4.69, 9.17) is 0 Å². The van der Waals surface area contributed by atoms with Gasteiger partial charge in [0.2, 0.25) is 0 Å². The summed E-state index contributed by atoms with van der Waals surface area (Å²) in [4.78, 5) is 8.17. The molecule has 1 aromatic rings. The van der Waals surface area contributed by atoms with E-state index >= 15 is 0 Å². The normalized spacial score (nSPS) is 11.6. The van der Waals surface area contributed by atoms with Crippen molar-refractivity contribution in [3.8, 4) is 0 Å². The van der Waals surface area contributed by atoms with Gasteiger partial charge >= 0.3 is 0 Å². The number of hydrogen-bond donors (Lipinski definition) is 0. The molecule has 0 bridgehead atoms. The lowest BCUT2D eigenvalue weighted by Gasteiger charge is -1.96. The van der Waals surface area contributed by atoms with Gasteiger partial charge in [0, 0.05) is 13.2 Å². The molecule has 0 amide bonds. The molecule has 0 saturated heterocycles. The topological polar surface area (TPSA) is 25.2 Å². The van der Waals surface area contributed by atoms with Crippen LogP contribution in [-0.4, -0.2) is 17.1 Å². The van der Waals surface area contributed by atoms with Crippen LogP contribution in [0.1, 0.15) is 6.92 Å². The lowest BCUT2D eigenvalue weighted by molar-refractivity contribution is 1.14. The summed E-state index contributed by atoms with van der Waals surface area (Å²) in [5.41, 5.74) is 0. The number of hydrogen-bond acceptors (Lipinski definition) is 3. The average Bonchev–Trinajstić information content (AvgIpc) is 2.06. The van der Waals surface area contributed by atoms with Crippen LogP contribution in [0.5, 0.6) is 0 Å². The van der Waals surface area contributed by atoms with Crippen LogP contribution < -0.4 is 0 Å². The van der Waals surface area contributed by atoms with Crippen molar-refractivity contribution in [1.29, 1.82) is 0 Å². The minimum absolute atomic E-state index is 0.996. The first-order chi connectivity index (χ1) is 5.33. The van der Waals surface area contributed by atoms with Crippen LogP contribution in [0.25, 0.3) is 0 Å². The predicted octanol–water partition coefficient (Wildman–Crippen LogP) is 2.22. The van der Waals surface area contributed by atoms with E-state index in [0.29, 0.717) is 0 Å². The third-order valence-electron chi connectivity index (χ3n) is 1.20. The van der Waals surface area contributed by atoms with Crippen LogP contribution >= 0.6 is 11.8 Å². The summed E-state index contributed by atoms with van der Waals surface area (Å²) in [5, 5.41) is 2.03. The Balaban J connectivity index is 2.65. The van der Waals surface area contributed by atoms with E-state index in [2.05, 4.69) is 9.98 Å². The Labute approximate surface area is 70.8 Å². The van der Waals surface area contributed by atoms with Crippen molar-refractivity contribution in [2.75, 3.05) is 7.05 Å². The molecule has 1 heterocycles. The number of thioether (sulfide) groups is 1. The number of rotatable bonds is 1. The van der Waals surface area contributed by atoms with Crippen LogP contribution in [0.4, 0.5) is 0 Å². The van der Waals surface area contributed by atoms with E-state index in [1.54, 1.807) is 25.0 Å². The van der Waals surface area contributed by atoms with E-state index in [1.807, 2.05) is 25.1 Å². The Morgan fingerprint density at radius 2 is 2.36 bits per heavy atom. The number of aromatic nitrogens is 1. The van der Waals surface area contributed by atoms with Crippen molar-refractivity contribution in [3.05, 3.63) is 24.4 Å². The molecule has 0 aromatic carbocycles. The molecule has 0 radical (unpaired) electrons. The molecular formula is C8H10N2S. The number of aliphatic imine (C=N–C) groups is 1. The first-order valence-corrected chi connectivity index (χ1v) is 4.17. The molecule has 2 nitrogen and oxygen atoms in total. The number of nitrogens with zero attached hydrogens (tertiary/aromatic N) is 2. The summed E-state index contributed by atoms with van der Waals surface area (Å²) < 4.78 is 0. The Hall–Kier alpha value is -0.830. The van der Waals surface area contributed by atoms with Gasteiger partial charge in [-0.05, 0) is 19.1 Å². The lowest BCUT2D eigenvalue weighted by Crippen LogP contribution is -1.84. The molecule has 1 aromatic heterocycles. The minimum atomic E-state index is 0.996. The first-order valence-electron chi connectivity index (χ1n) is 3.35. The highest BCUT2D eigenvalue weighted by Crippen LogP contribution is 2.15. The highest BCUT2D eigenvalue weighted by Gasteiger charge is 1.94. The highest BCUT2D eigenvalue weighted by atomic mass is 32.2. The minimum Gasteiger partial charge on any atom is -0.286 e. The zero-order chi connectivity index (χ0) is 8.10. The molecule has 58 valence electrons. The molecular weight excluding hydrogens is 156 g/mol. The summed E-state index contributed by atoms with van der Waals surface area (Å²) in [6.45, 7) is 1.97. The van der Waals surface area contributed by atoms with E-state index in [9.17, 15) is 0 Å². The SMILES string of the molecule is CN=C(C)Sc1ccccn1. The fourth-order valence-corrected chi connectivity index (χ4v) is 1.26. The van der Waals surface area contributed by atoms with Crippen molar-refractivity contribution in [1.82, 2.24) is 4.98 Å². The molecule has 0 aliphatic carbocycles. The van der Waals surface area contributed by atoms with E-state index in [1.165, 1.54) is 0 Å². The lowest BCUT2D eigenvalue weighted by atomic mass is 10.5. The van der Waals surface area contributed by atoms with Gasteiger partial charge in [-0.2, -0.15) is 0 Å². The van der Waals surface area contributed by atoms with E-state index in [-0.39, 0.29) is 0 Å². The van der Waals surface area contributed by atoms with Gasteiger partial charge in [-0.1, -0.05) is 17.8 Å². The summed E-state index contributed by atoms with van der Waals surface area (Å²) in [6.07, 6.45) is 1.78. The Morgan fingerprint density at radius 1 is 1.55 bits per heavy atom. The van der Waals surface area contributed by atoms with Gasteiger partial charge in [-0.3, -0.25) is 4.99 Å². The van der Waals surface area contributed by atoms with Gasteiger partial charge < -0.3 is 0 Å². The van der Waals surface area contributed by atoms with Gasteiger partial charge in [-0.25, -0.2) is 4.98 Å².